The number of esters is 4. The van der Waals surface area contributed by atoms with E-state index < -0.39 is 28.3 Å². The van der Waals surface area contributed by atoms with Crippen LogP contribution in [-0.2, 0) is 47.0 Å². The van der Waals surface area contributed by atoms with E-state index in [0.29, 0.717) is 86.7 Å². The summed E-state index contributed by atoms with van der Waals surface area (Å²) in [7, 11) is -4.67. The van der Waals surface area contributed by atoms with E-state index in [2.05, 4.69) is 98.6 Å². The van der Waals surface area contributed by atoms with Crippen LogP contribution in [0.5, 0.6) is 0 Å². The minimum Gasteiger partial charge on any atom is -0.870 e. The predicted octanol–water partition coefficient (Wildman–Crippen LogP) is 6.38. The number of carboxylic acids is 1. The molecule has 0 radical (unpaired) electrons. The van der Waals surface area contributed by atoms with Crippen LogP contribution in [0.4, 0.5) is 5.82 Å². The Morgan fingerprint density at radius 1 is 0.634 bits per heavy atom. The second-order valence-electron chi connectivity index (χ2n) is 18.1. The summed E-state index contributed by atoms with van der Waals surface area (Å²) in [5.41, 5.74) is 12.5. The Morgan fingerprint density at radius 3 is 1.36 bits per heavy atom. The average molecular weight is 1620 g/mol. The molecule has 101 heavy (non-hydrogen) atoms. The van der Waals surface area contributed by atoms with Crippen molar-refractivity contribution >= 4 is 123 Å². The van der Waals surface area contributed by atoms with Crippen LogP contribution in [0.25, 0.3) is 43.2 Å². The normalized spacial score (nSPS) is 9.48. The number of nitrogen functional groups attached to an aromatic ring is 1. The summed E-state index contributed by atoms with van der Waals surface area (Å²) >= 11 is 9.33. The molecule has 0 aliphatic carbocycles. The number of hydrogen-bond donors (Lipinski definition) is 4. The summed E-state index contributed by atoms with van der Waals surface area (Å²) in [4.78, 5) is 86.4. The number of halogens is 3. The maximum absolute atomic E-state index is 11.8. The van der Waals surface area contributed by atoms with Crippen LogP contribution in [0.1, 0.15) is 113 Å². The van der Waals surface area contributed by atoms with Crippen LogP contribution in [0.3, 0.4) is 0 Å². The van der Waals surface area contributed by atoms with E-state index in [4.69, 9.17) is 74.1 Å². The predicted molar refractivity (Wildman–Crippen MR) is 378 cm³/mol. The van der Waals surface area contributed by atoms with Gasteiger partial charge in [-0.05, 0) is 144 Å². The van der Waals surface area contributed by atoms with Gasteiger partial charge in [-0.1, -0.05) is 52.1 Å². The zero-order valence-corrected chi connectivity index (χ0v) is 63.8. The van der Waals surface area contributed by atoms with E-state index in [1.54, 1.807) is 94.4 Å². The molecule has 0 bridgehead atoms. The molecule has 9 rings (SSSR count). The Hall–Kier alpha value is -8.30. The fourth-order valence-electron chi connectivity index (χ4n) is 7.24. The number of carboxylic acid groups (broad SMARTS) is 1. The summed E-state index contributed by atoms with van der Waals surface area (Å²) in [5, 5.41) is 16.7. The molecule has 30 nitrogen and oxygen atoms in total. The first-order valence-electron chi connectivity index (χ1n) is 28.3. The molecule has 9 heterocycles. The monoisotopic (exact) mass is 1620 g/mol. The number of anilines is 1. The van der Waals surface area contributed by atoms with Crippen molar-refractivity contribution in [2.45, 2.75) is 67.2 Å². The smallest absolute Gasteiger partial charge is 0.870 e. The summed E-state index contributed by atoms with van der Waals surface area (Å²) in [6.07, 6.45) is 23.6. The molecule has 0 aliphatic heterocycles. The first-order valence-corrected chi connectivity index (χ1v) is 32.0. The number of ether oxygens (including phenoxy) is 4. The number of nitrogens with zero attached hydrogens (tertiary/aromatic N) is 13. The number of imidazole rings is 4. The van der Waals surface area contributed by atoms with Crippen molar-refractivity contribution in [1.29, 1.82) is 5.26 Å². The van der Waals surface area contributed by atoms with Gasteiger partial charge in [0.2, 0.25) is 19.6 Å². The van der Waals surface area contributed by atoms with Gasteiger partial charge in [0.05, 0.1) is 63.7 Å². The minimum absolute atomic E-state index is 0. The number of aryl methyl sites for hydroxylation is 2. The third-order valence-corrected chi connectivity index (χ3v) is 12.5. The van der Waals surface area contributed by atoms with E-state index >= 15 is 0 Å². The van der Waals surface area contributed by atoms with Crippen LogP contribution in [0, 0.1) is 37.6 Å². The van der Waals surface area contributed by atoms with Crippen molar-refractivity contribution in [3.05, 3.63) is 229 Å². The summed E-state index contributed by atoms with van der Waals surface area (Å²) in [6.45, 7) is 38.2. The average Bonchev–Trinajstić information content (AvgIpc) is 1.71. The van der Waals surface area contributed by atoms with Gasteiger partial charge in [0, 0.05) is 52.8 Å². The second-order valence-corrected chi connectivity index (χ2v) is 21.7. The number of aromatic nitrogens is 9. The SMILES string of the molecule is C.C=CCC#N.CCOC(=O)c1cnc2ccc(Br)cn12.Nc1ccc(Br)cn1.O=S(=O)(O)O.[C-]#[N+]C/C=C/c1ccc2ncc(C(=O)OCC)n2c1.[C-]#[N+]CCCc1ccc2ncc(C(=O)O)n2c1.[C-]#[N+]CCCc1ccc2ncc(C(=O)OCC)n2c1.[CH-]=C(Br)C(=O)OCC.[K+].[Li+].[OH-].[OH-]. The van der Waals surface area contributed by atoms with Crippen molar-refractivity contribution < 1.29 is 147 Å². The molecule has 0 saturated carbocycles. The van der Waals surface area contributed by atoms with Crippen molar-refractivity contribution in [2.75, 3.05) is 51.8 Å². The van der Waals surface area contributed by atoms with Gasteiger partial charge >= 0.3 is 105 Å². The zero-order chi connectivity index (χ0) is 71.6. The Kier molecular flexibility index (Phi) is 54.3. The standard InChI is InChI=1S/C14H15N3O2.C14H13N3O2.C12H11N3O2.C10H9BrN2O2.C5H5BrN2.C5H6BrO2.C4H5N.CH4.K.Li.H2O4S.2H2O/c2*1-3-19-14(18)12-9-16-13-7-6-11(10-17(12)13)5-4-8-15-2;1-13-6-2-3-9-4-5-11-14-7-10(12(16)17)15(11)8-9;1-2-15-10(14)8-5-12-9-4-3-7(11)6-13(8)9;6-4-1-2-5(7)8-3-4;1-3-8-5(7)4(2)6;1-2-3-4-5;;;;1-5(2,3)4;;/h6-7,9-10H,3-5,8H2,1H3;4-7,9-10H,3,8H2,1H3;4-5,7-8H,2-3,6H2,(H,16,17);3-6H,2H2,1H3;1-3H,(H2,7,8);2H,3H2,1H3;2H,1,3H2;1H4;;;(H2,1,2,3,4);2*1H2/q;;;;;-1;;;2*+1;;;/p-2/b;5-4+;;;;;;;;;;;. The molecule has 9 aromatic rings. The molecule has 0 spiro atoms. The molecule has 0 saturated heterocycles. The number of nitrogens with two attached hydrogens (primary N) is 1. The number of pyridine rings is 5. The molecule has 528 valence electrons. The van der Waals surface area contributed by atoms with Crippen LogP contribution in [0.2, 0.25) is 0 Å². The first kappa shape index (κ1) is 99.1. The minimum atomic E-state index is -4.67. The number of fused-ring (bicyclic) bond motifs is 4. The third-order valence-electron chi connectivity index (χ3n) is 11.2. The van der Waals surface area contributed by atoms with Crippen LogP contribution < -0.4 is 76.0 Å². The largest absolute Gasteiger partial charge is 1.00 e. The van der Waals surface area contributed by atoms with E-state index in [-0.39, 0.29) is 111 Å². The number of rotatable bonds is 18. The van der Waals surface area contributed by atoms with Gasteiger partial charge in [-0.3, -0.25) is 33.3 Å². The van der Waals surface area contributed by atoms with E-state index in [1.807, 2.05) is 66.9 Å². The molecule has 0 aromatic carbocycles. The quantitative estimate of drug-likeness (QED) is 0.0106. The van der Waals surface area contributed by atoms with Gasteiger partial charge in [-0.25, -0.2) is 63.8 Å². The van der Waals surface area contributed by atoms with Crippen molar-refractivity contribution in [2.24, 2.45) is 0 Å². The van der Waals surface area contributed by atoms with E-state index in [9.17, 15) is 24.0 Å². The molecule has 9 aromatic heterocycles. The molecule has 0 unspecified atom stereocenters. The Labute approximate surface area is 664 Å². The summed E-state index contributed by atoms with van der Waals surface area (Å²) < 4.78 is 59.5. The Bertz CT molecular complexity index is 4360. The number of carbonyl (C=O) groups excluding carboxylic acids is 4. The number of aromatic carboxylic acids is 1. The van der Waals surface area contributed by atoms with Gasteiger partial charge in [0.15, 0.2) is 28.7 Å². The molecule has 36 heteroatoms. The van der Waals surface area contributed by atoms with E-state index in [1.165, 1.54) is 24.8 Å². The van der Waals surface area contributed by atoms with Gasteiger partial charge in [0.25, 0.3) is 0 Å². The molecule has 0 aliphatic rings. The van der Waals surface area contributed by atoms with Crippen molar-refractivity contribution in [3.63, 3.8) is 0 Å². The Morgan fingerprint density at radius 2 is 1.02 bits per heavy atom. The fraction of sp³-hybridized carbons (Fsp3) is 0.262. The summed E-state index contributed by atoms with van der Waals surface area (Å²) in [6, 6.07) is 20.4. The van der Waals surface area contributed by atoms with Gasteiger partial charge in [-0.2, -0.15) is 13.7 Å². The first-order chi connectivity index (χ1) is 45.8. The zero-order valence-electron chi connectivity index (χ0n) is 55.1. The number of hydrogen-bond acceptors (Lipinski definition) is 20. The third kappa shape index (κ3) is 38.4. The maximum atomic E-state index is 11.8. The molecule has 7 N–H and O–H groups in total. The topological polar surface area (TPSA) is 422 Å². The molecular formula is C65H72Br3KLiN14O16S-. The van der Waals surface area contributed by atoms with Gasteiger partial charge in [0.1, 0.15) is 28.4 Å². The molecule has 0 fully saturated rings. The van der Waals surface area contributed by atoms with Crippen molar-refractivity contribution in [1.82, 2.24) is 42.5 Å². The summed E-state index contributed by atoms with van der Waals surface area (Å²) in [5.74, 6) is -2.06. The van der Waals surface area contributed by atoms with Gasteiger partial charge in [-0.15, -0.1) is 6.58 Å². The maximum Gasteiger partial charge on any atom is 1.00 e. The number of nitriles is 1. The Balaban J connectivity index is -0.000000549. The van der Waals surface area contributed by atoms with Gasteiger partial charge < -0.3 is 60.1 Å². The van der Waals surface area contributed by atoms with Crippen LogP contribution >= 0.6 is 47.8 Å². The molecule has 0 atom stereocenters. The van der Waals surface area contributed by atoms with E-state index in [0.717, 1.165) is 62.6 Å². The number of allylic oxidation sites excluding steroid dienone is 1. The fourth-order valence-corrected chi connectivity index (χ4v) is 7.93. The van der Waals surface area contributed by atoms with Crippen LogP contribution in [0.15, 0.2) is 149 Å². The molecular weight excluding hydrogens is 1550 g/mol. The van der Waals surface area contributed by atoms with Crippen molar-refractivity contribution in [3.8, 4) is 6.07 Å². The second kappa shape index (κ2) is 55.4. The number of carbonyl (C=O) groups is 5. The van der Waals surface area contributed by atoms with Crippen LogP contribution in [-0.4, -0.2) is 152 Å². The molecule has 0 amide bonds.